The standard InChI is InChI=1S/C18H18N6S/c19-7-6-18(20,17-16-15(5-8-25-16)21-11-22-17)13-9-12-3-1-2-4-14(12)24-23-10-13/h1-5,8-11,24H,6-7,19-20H2. The van der Waals surface area contributed by atoms with E-state index in [1.165, 1.54) is 0 Å². The van der Waals surface area contributed by atoms with Crippen molar-refractivity contribution in [3.05, 3.63) is 58.9 Å². The summed E-state index contributed by atoms with van der Waals surface area (Å²) in [6.45, 7) is 0.438. The SMILES string of the molecule is NCCC(N)(C1=Cc2ccccc2NN=C1)c1ncnc2ccsc12. The molecule has 0 amide bonds. The van der Waals surface area contributed by atoms with Gasteiger partial charge < -0.3 is 11.5 Å². The fourth-order valence-electron chi connectivity index (χ4n) is 3.08. The molecule has 4 rings (SSSR count). The lowest BCUT2D eigenvalue weighted by atomic mass is 9.83. The van der Waals surface area contributed by atoms with Crippen LogP contribution in [0.2, 0.25) is 0 Å². The van der Waals surface area contributed by atoms with Gasteiger partial charge in [-0.05, 0) is 47.7 Å². The van der Waals surface area contributed by atoms with Gasteiger partial charge in [-0.3, -0.25) is 5.43 Å². The number of benzene rings is 1. The molecule has 0 saturated heterocycles. The lowest BCUT2D eigenvalue weighted by molar-refractivity contribution is 0.498. The van der Waals surface area contributed by atoms with Gasteiger partial charge in [0.1, 0.15) is 6.33 Å². The molecule has 1 atom stereocenters. The molecule has 5 N–H and O–H groups in total. The maximum Gasteiger partial charge on any atom is 0.116 e. The second-order valence-electron chi connectivity index (χ2n) is 5.92. The highest BCUT2D eigenvalue weighted by Gasteiger charge is 2.35. The molecule has 1 aliphatic rings. The number of rotatable bonds is 4. The molecule has 25 heavy (non-hydrogen) atoms. The molecule has 2 aromatic heterocycles. The third kappa shape index (κ3) is 2.72. The lowest BCUT2D eigenvalue weighted by Gasteiger charge is -2.30. The summed E-state index contributed by atoms with van der Waals surface area (Å²) in [5, 5.41) is 6.33. The van der Waals surface area contributed by atoms with Crippen LogP contribution in [-0.2, 0) is 5.54 Å². The van der Waals surface area contributed by atoms with Gasteiger partial charge in [-0.15, -0.1) is 11.3 Å². The Bertz CT molecular complexity index is 976. The van der Waals surface area contributed by atoms with E-state index in [0.717, 1.165) is 32.7 Å². The van der Waals surface area contributed by atoms with Crippen molar-refractivity contribution in [3.63, 3.8) is 0 Å². The predicted molar refractivity (Wildman–Crippen MR) is 103 cm³/mol. The summed E-state index contributed by atoms with van der Waals surface area (Å²) in [6.07, 6.45) is 5.92. The molecular formula is C18H18N6S. The van der Waals surface area contributed by atoms with Crippen LogP contribution in [0.4, 0.5) is 5.69 Å². The zero-order valence-electron chi connectivity index (χ0n) is 13.5. The molecule has 126 valence electrons. The number of aromatic nitrogens is 2. The summed E-state index contributed by atoms with van der Waals surface area (Å²) in [6, 6.07) is 9.94. The summed E-state index contributed by atoms with van der Waals surface area (Å²) < 4.78 is 0.984. The summed E-state index contributed by atoms with van der Waals surface area (Å²) >= 11 is 1.59. The summed E-state index contributed by atoms with van der Waals surface area (Å²) in [5.41, 5.74) is 19.5. The molecular weight excluding hydrogens is 332 g/mol. The Morgan fingerprint density at radius 3 is 2.92 bits per heavy atom. The number of hydrogen-bond donors (Lipinski definition) is 3. The lowest BCUT2D eigenvalue weighted by Crippen LogP contribution is -2.42. The smallest absolute Gasteiger partial charge is 0.116 e. The molecule has 0 fully saturated rings. The largest absolute Gasteiger partial charge is 0.330 e. The average molecular weight is 350 g/mol. The predicted octanol–water partition coefficient (Wildman–Crippen LogP) is 2.69. The summed E-state index contributed by atoms with van der Waals surface area (Å²) in [7, 11) is 0. The molecule has 0 saturated carbocycles. The Kier molecular flexibility index (Phi) is 4.04. The minimum Gasteiger partial charge on any atom is -0.330 e. The van der Waals surface area contributed by atoms with Crippen molar-refractivity contribution in [2.45, 2.75) is 12.0 Å². The number of thiophene rings is 1. The first-order valence-electron chi connectivity index (χ1n) is 8.00. The normalized spacial score (nSPS) is 15.8. The van der Waals surface area contributed by atoms with Crippen LogP contribution in [0.5, 0.6) is 0 Å². The van der Waals surface area contributed by atoms with Crippen LogP contribution in [0.15, 0.2) is 52.7 Å². The second-order valence-corrected chi connectivity index (χ2v) is 6.84. The van der Waals surface area contributed by atoms with E-state index < -0.39 is 5.54 Å². The van der Waals surface area contributed by atoms with Crippen molar-refractivity contribution >= 4 is 39.5 Å². The molecule has 1 aromatic carbocycles. The molecule has 1 aliphatic heterocycles. The van der Waals surface area contributed by atoms with E-state index in [1.807, 2.05) is 35.7 Å². The highest BCUT2D eigenvalue weighted by atomic mass is 32.1. The highest BCUT2D eigenvalue weighted by Crippen LogP contribution is 2.36. The van der Waals surface area contributed by atoms with E-state index in [-0.39, 0.29) is 0 Å². The van der Waals surface area contributed by atoms with E-state index >= 15 is 0 Å². The van der Waals surface area contributed by atoms with Gasteiger partial charge in [0.15, 0.2) is 0 Å². The molecule has 0 aliphatic carbocycles. The first kappa shape index (κ1) is 15.9. The summed E-state index contributed by atoms with van der Waals surface area (Å²) in [4.78, 5) is 8.85. The molecule has 3 aromatic rings. The van der Waals surface area contributed by atoms with Crippen molar-refractivity contribution in [1.82, 2.24) is 9.97 Å². The van der Waals surface area contributed by atoms with Gasteiger partial charge >= 0.3 is 0 Å². The Hall–Kier alpha value is -2.61. The fraction of sp³-hybridized carbons (Fsp3) is 0.167. The Labute approximate surface area is 149 Å². The number of hydrazone groups is 1. The third-order valence-corrected chi connectivity index (χ3v) is 5.29. The molecule has 0 spiro atoms. The van der Waals surface area contributed by atoms with Crippen LogP contribution in [0.3, 0.4) is 0 Å². The van der Waals surface area contributed by atoms with E-state index in [9.17, 15) is 0 Å². The number of fused-ring (bicyclic) bond motifs is 2. The van der Waals surface area contributed by atoms with Gasteiger partial charge in [-0.25, -0.2) is 9.97 Å². The molecule has 1 unspecified atom stereocenters. The number of nitrogens with one attached hydrogen (secondary N) is 1. The highest BCUT2D eigenvalue weighted by molar-refractivity contribution is 7.17. The van der Waals surface area contributed by atoms with E-state index in [2.05, 4.69) is 26.6 Å². The van der Waals surface area contributed by atoms with Crippen molar-refractivity contribution in [2.24, 2.45) is 16.6 Å². The van der Waals surface area contributed by atoms with Crippen LogP contribution in [0.25, 0.3) is 16.3 Å². The number of para-hydroxylation sites is 1. The quantitative estimate of drug-likeness (QED) is 0.671. The first-order chi connectivity index (χ1) is 12.2. The Morgan fingerprint density at radius 1 is 1.16 bits per heavy atom. The molecule has 0 radical (unpaired) electrons. The van der Waals surface area contributed by atoms with E-state index in [1.54, 1.807) is 23.9 Å². The third-order valence-electron chi connectivity index (χ3n) is 4.38. The van der Waals surface area contributed by atoms with Crippen LogP contribution >= 0.6 is 11.3 Å². The topological polar surface area (TPSA) is 102 Å². The zero-order valence-corrected chi connectivity index (χ0v) is 14.3. The van der Waals surface area contributed by atoms with Crippen molar-refractivity contribution in [3.8, 4) is 0 Å². The van der Waals surface area contributed by atoms with E-state index in [4.69, 9.17) is 11.5 Å². The Balaban J connectivity index is 1.92. The van der Waals surface area contributed by atoms with Gasteiger partial charge in [0.2, 0.25) is 0 Å². The second kappa shape index (κ2) is 6.36. The van der Waals surface area contributed by atoms with Crippen LogP contribution in [0, 0.1) is 0 Å². The van der Waals surface area contributed by atoms with E-state index in [0.29, 0.717) is 13.0 Å². The molecule has 6 nitrogen and oxygen atoms in total. The number of anilines is 1. The van der Waals surface area contributed by atoms with Gasteiger partial charge in [-0.2, -0.15) is 5.10 Å². The summed E-state index contributed by atoms with van der Waals surface area (Å²) in [5.74, 6) is 0. The minimum absolute atomic E-state index is 0.438. The van der Waals surface area contributed by atoms with Crippen LogP contribution in [-0.4, -0.2) is 22.7 Å². The van der Waals surface area contributed by atoms with Gasteiger partial charge in [0.25, 0.3) is 0 Å². The van der Waals surface area contributed by atoms with Gasteiger partial charge in [-0.1, -0.05) is 18.2 Å². The molecule has 7 heteroatoms. The molecule has 3 heterocycles. The zero-order chi connectivity index (χ0) is 17.3. The number of nitrogens with zero attached hydrogens (tertiary/aromatic N) is 3. The minimum atomic E-state index is -0.844. The monoisotopic (exact) mass is 350 g/mol. The van der Waals surface area contributed by atoms with Gasteiger partial charge in [0.05, 0.1) is 33.4 Å². The van der Waals surface area contributed by atoms with Gasteiger partial charge in [0, 0.05) is 0 Å². The van der Waals surface area contributed by atoms with Crippen molar-refractivity contribution < 1.29 is 0 Å². The van der Waals surface area contributed by atoms with Crippen molar-refractivity contribution in [1.29, 1.82) is 0 Å². The fourth-order valence-corrected chi connectivity index (χ4v) is 4.00. The Morgan fingerprint density at radius 2 is 2.04 bits per heavy atom. The van der Waals surface area contributed by atoms with Crippen molar-refractivity contribution in [2.75, 3.05) is 12.0 Å². The van der Waals surface area contributed by atoms with Crippen LogP contribution in [0.1, 0.15) is 17.7 Å². The van der Waals surface area contributed by atoms with Crippen LogP contribution < -0.4 is 16.9 Å². The number of nitrogens with two attached hydrogens (primary N) is 2. The maximum absolute atomic E-state index is 6.91. The first-order valence-corrected chi connectivity index (χ1v) is 8.88. The average Bonchev–Trinajstić information content (AvgIpc) is 3.00. The maximum atomic E-state index is 6.91. The number of hydrogen-bond acceptors (Lipinski definition) is 7. The molecule has 0 bridgehead atoms.